The molecule has 0 radical (unpaired) electrons. The normalized spacial score (nSPS) is 12.1. The summed E-state index contributed by atoms with van der Waals surface area (Å²) in [6.07, 6.45) is 17.5. The quantitative estimate of drug-likeness (QED) is 0.158. The van der Waals surface area contributed by atoms with E-state index in [1.807, 2.05) is 0 Å². The molecule has 0 saturated heterocycles. The average Bonchev–Trinajstić information content (AvgIpc) is 2.59. The van der Waals surface area contributed by atoms with Crippen LogP contribution in [0.5, 0.6) is 0 Å². The van der Waals surface area contributed by atoms with Crippen LogP contribution >= 0.6 is 0 Å². The first kappa shape index (κ1) is 24.1. The number of carbonyl (C=O) groups is 2. The number of carbonyl (C=O) groups excluding carboxylic acids is 2. The van der Waals surface area contributed by atoms with Crippen molar-refractivity contribution in [3.8, 4) is 0 Å². The highest BCUT2D eigenvalue weighted by Crippen LogP contribution is 2.15. The molecular weight excluding hydrogens is 312 g/mol. The van der Waals surface area contributed by atoms with Gasteiger partial charge in [0.2, 0.25) is 0 Å². The topological polar surface area (TPSA) is 43.4 Å². The van der Waals surface area contributed by atoms with Crippen LogP contribution < -0.4 is 0 Å². The van der Waals surface area contributed by atoms with Crippen LogP contribution in [0.25, 0.3) is 0 Å². The molecule has 0 aromatic rings. The summed E-state index contributed by atoms with van der Waals surface area (Å²) in [4.78, 5) is 23.8. The molecule has 148 valence electrons. The third kappa shape index (κ3) is 15.1. The smallest absolute Gasteiger partial charge is 0.316 e. The Hall–Kier alpha value is -0.860. The number of hydrogen-bond donors (Lipinski definition) is 0. The molecule has 0 rings (SSSR count). The van der Waals surface area contributed by atoms with E-state index in [-0.39, 0.29) is 11.8 Å². The first-order chi connectivity index (χ1) is 12.1. The molecule has 0 heterocycles. The highest BCUT2D eigenvalue weighted by Gasteiger charge is 2.24. The summed E-state index contributed by atoms with van der Waals surface area (Å²) in [5, 5.41) is 0. The van der Waals surface area contributed by atoms with Crippen molar-refractivity contribution in [2.75, 3.05) is 6.61 Å². The van der Waals surface area contributed by atoms with E-state index in [9.17, 15) is 9.59 Å². The summed E-state index contributed by atoms with van der Waals surface area (Å²) in [7, 11) is 0. The third-order valence-corrected chi connectivity index (χ3v) is 4.86. The van der Waals surface area contributed by atoms with Crippen LogP contribution in [0.1, 0.15) is 117 Å². The maximum Gasteiger partial charge on any atom is 0.316 e. The summed E-state index contributed by atoms with van der Waals surface area (Å²) in [5.74, 6) is -0.890. The van der Waals surface area contributed by atoms with E-state index in [0.717, 1.165) is 25.7 Å². The van der Waals surface area contributed by atoms with E-state index < -0.39 is 5.92 Å². The summed E-state index contributed by atoms with van der Waals surface area (Å²) in [6.45, 7) is 6.41. The van der Waals surface area contributed by atoms with Crippen molar-refractivity contribution in [2.24, 2.45) is 5.92 Å². The Morgan fingerprint density at radius 3 is 1.60 bits per heavy atom. The predicted molar refractivity (Wildman–Crippen MR) is 106 cm³/mol. The molecule has 0 aromatic heterocycles. The number of Topliss-reactive ketones (excluding diaryl/α,β-unsaturated/α-hetero) is 1. The van der Waals surface area contributed by atoms with Gasteiger partial charge in [-0.1, -0.05) is 97.3 Å². The van der Waals surface area contributed by atoms with Gasteiger partial charge in [-0.3, -0.25) is 9.59 Å². The average molecular weight is 355 g/mol. The van der Waals surface area contributed by atoms with Crippen molar-refractivity contribution in [1.29, 1.82) is 0 Å². The second-order valence-corrected chi connectivity index (χ2v) is 7.36. The predicted octanol–water partition coefficient (Wildman–Crippen LogP) is 6.63. The molecule has 0 bridgehead atoms. The molecule has 0 N–H and O–H groups in total. The summed E-state index contributed by atoms with van der Waals surface area (Å²) < 4.78 is 5.35. The monoisotopic (exact) mass is 354 g/mol. The molecule has 1 atom stereocenters. The second kappa shape index (κ2) is 17.9. The summed E-state index contributed by atoms with van der Waals surface area (Å²) in [5.41, 5.74) is 0. The zero-order chi connectivity index (χ0) is 18.8. The first-order valence-corrected chi connectivity index (χ1v) is 10.8. The van der Waals surface area contributed by atoms with Crippen molar-refractivity contribution in [3.63, 3.8) is 0 Å². The lowest BCUT2D eigenvalue weighted by Crippen LogP contribution is -2.24. The lowest BCUT2D eigenvalue weighted by molar-refractivity contribution is -0.152. The zero-order valence-corrected chi connectivity index (χ0v) is 17.1. The minimum atomic E-state index is -0.541. The van der Waals surface area contributed by atoms with Gasteiger partial charge in [-0.05, 0) is 19.8 Å². The van der Waals surface area contributed by atoms with E-state index in [0.29, 0.717) is 13.0 Å². The Kier molecular flexibility index (Phi) is 17.3. The number of ketones is 1. The zero-order valence-electron chi connectivity index (χ0n) is 17.1. The van der Waals surface area contributed by atoms with Crippen molar-refractivity contribution in [1.82, 2.24) is 0 Å². The van der Waals surface area contributed by atoms with E-state index in [1.165, 1.54) is 71.1 Å². The molecule has 0 amide bonds. The Labute approximate surface area is 156 Å². The minimum absolute atomic E-state index is 0.0468. The van der Waals surface area contributed by atoms with Crippen LogP contribution in [0.2, 0.25) is 0 Å². The largest absolute Gasteiger partial charge is 0.465 e. The Morgan fingerprint density at radius 1 is 0.680 bits per heavy atom. The van der Waals surface area contributed by atoms with Gasteiger partial charge < -0.3 is 4.74 Å². The van der Waals surface area contributed by atoms with Crippen LogP contribution in [-0.2, 0) is 14.3 Å². The van der Waals surface area contributed by atoms with Crippen molar-refractivity contribution in [3.05, 3.63) is 0 Å². The maximum atomic E-state index is 12.1. The first-order valence-electron chi connectivity index (χ1n) is 10.8. The van der Waals surface area contributed by atoms with E-state index in [2.05, 4.69) is 13.8 Å². The number of rotatable bonds is 18. The van der Waals surface area contributed by atoms with Crippen LogP contribution in [0.15, 0.2) is 0 Å². The van der Waals surface area contributed by atoms with Gasteiger partial charge in [-0.25, -0.2) is 0 Å². The minimum Gasteiger partial charge on any atom is -0.465 e. The summed E-state index contributed by atoms with van der Waals surface area (Å²) >= 11 is 0. The number of esters is 1. The maximum absolute atomic E-state index is 12.1. The van der Waals surface area contributed by atoms with Gasteiger partial charge in [0.25, 0.3) is 0 Å². The molecule has 0 aromatic carbocycles. The second-order valence-electron chi connectivity index (χ2n) is 7.36. The van der Waals surface area contributed by atoms with Crippen LogP contribution in [0.4, 0.5) is 0 Å². The van der Waals surface area contributed by atoms with Crippen LogP contribution in [0, 0.1) is 5.92 Å². The molecule has 0 aliphatic heterocycles. The molecule has 1 unspecified atom stereocenters. The van der Waals surface area contributed by atoms with Crippen LogP contribution in [0.3, 0.4) is 0 Å². The van der Waals surface area contributed by atoms with Gasteiger partial charge in [-0.15, -0.1) is 0 Å². The standard InChI is InChI=1S/C22H42O3/c1-4-6-8-10-12-13-15-17-19-25-22(24)21(20(3)23)18-16-14-11-9-7-5-2/h21H,4-19H2,1-3H3. The summed E-state index contributed by atoms with van der Waals surface area (Å²) in [6, 6.07) is 0. The lowest BCUT2D eigenvalue weighted by Gasteiger charge is -2.13. The lowest BCUT2D eigenvalue weighted by atomic mass is 9.97. The Balaban J connectivity index is 3.70. The van der Waals surface area contributed by atoms with Gasteiger partial charge in [-0.2, -0.15) is 0 Å². The third-order valence-electron chi connectivity index (χ3n) is 4.86. The molecule has 0 fully saturated rings. The molecule has 3 nitrogen and oxygen atoms in total. The molecule has 0 spiro atoms. The van der Waals surface area contributed by atoms with Crippen LogP contribution in [-0.4, -0.2) is 18.4 Å². The van der Waals surface area contributed by atoms with Crippen molar-refractivity contribution >= 4 is 11.8 Å². The molecule has 0 aliphatic rings. The highest BCUT2D eigenvalue weighted by molar-refractivity contribution is 5.97. The molecule has 25 heavy (non-hydrogen) atoms. The molecule has 0 aliphatic carbocycles. The Morgan fingerprint density at radius 2 is 1.12 bits per heavy atom. The van der Waals surface area contributed by atoms with E-state index in [4.69, 9.17) is 4.74 Å². The van der Waals surface area contributed by atoms with Gasteiger partial charge >= 0.3 is 5.97 Å². The molecule has 0 saturated carbocycles. The SMILES string of the molecule is CCCCCCCCCCOC(=O)C(CCCCCCCC)C(C)=O. The van der Waals surface area contributed by atoms with Gasteiger partial charge in [0.15, 0.2) is 0 Å². The fourth-order valence-electron chi connectivity index (χ4n) is 3.13. The van der Waals surface area contributed by atoms with Gasteiger partial charge in [0.1, 0.15) is 11.7 Å². The molecule has 3 heteroatoms. The Bertz CT molecular complexity index is 325. The fraction of sp³-hybridized carbons (Fsp3) is 0.909. The number of unbranched alkanes of at least 4 members (excludes halogenated alkanes) is 12. The van der Waals surface area contributed by atoms with E-state index >= 15 is 0 Å². The van der Waals surface area contributed by atoms with Gasteiger partial charge in [0, 0.05) is 0 Å². The van der Waals surface area contributed by atoms with Crippen molar-refractivity contribution in [2.45, 2.75) is 117 Å². The van der Waals surface area contributed by atoms with E-state index in [1.54, 1.807) is 0 Å². The van der Waals surface area contributed by atoms with Gasteiger partial charge in [0.05, 0.1) is 6.61 Å². The number of ether oxygens (including phenoxy) is 1. The fourth-order valence-corrected chi connectivity index (χ4v) is 3.13. The van der Waals surface area contributed by atoms with Crippen molar-refractivity contribution < 1.29 is 14.3 Å². The number of hydrogen-bond acceptors (Lipinski definition) is 3. The highest BCUT2D eigenvalue weighted by atomic mass is 16.5. The molecular formula is C22H42O3.